The third-order valence-corrected chi connectivity index (χ3v) is 6.32. The van der Waals surface area contributed by atoms with Crippen molar-refractivity contribution >= 4 is 17.5 Å². The predicted octanol–water partition coefficient (Wildman–Crippen LogP) is 4.05. The molecule has 4 rings (SSSR count). The van der Waals surface area contributed by atoms with E-state index in [1.54, 1.807) is 0 Å². The number of aryl methyl sites for hydroxylation is 1. The summed E-state index contributed by atoms with van der Waals surface area (Å²) in [6, 6.07) is 21.6. The molecule has 1 saturated heterocycles. The highest BCUT2D eigenvalue weighted by molar-refractivity contribution is 6.05. The van der Waals surface area contributed by atoms with Crippen molar-refractivity contribution in [3.63, 3.8) is 0 Å². The summed E-state index contributed by atoms with van der Waals surface area (Å²) in [6.07, 6.45) is 2.63. The number of carbonyl (C=O) groups excluding carboxylic acids is 2. The molecule has 170 valence electrons. The Bertz CT molecular complexity index is 1100. The average molecular weight is 443 g/mol. The van der Waals surface area contributed by atoms with Gasteiger partial charge in [0, 0.05) is 23.7 Å². The van der Waals surface area contributed by atoms with Gasteiger partial charge in [-0.3, -0.25) is 14.6 Å². The number of pyridine rings is 1. The molecule has 2 amide bonds. The zero-order valence-corrected chi connectivity index (χ0v) is 19.0. The Balaban J connectivity index is 1.31. The number of anilines is 1. The molecule has 0 aliphatic carbocycles. The van der Waals surface area contributed by atoms with Gasteiger partial charge in [-0.15, -0.1) is 0 Å². The van der Waals surface area contributed by atoms with Gasteiger partial charge in [0.1, 0.15) is 0 Å². The highest BCUT2D eigenvalue weighted by Gasteiger charge is 2.22. The smallest absolute Gasteiger partial charge is 0.257 e. The SMILES string of the molecule is Cc1nc(-c2ccccc2)ccc1C(=O)Nc1ccc(CCN2CCC(C(N)=O)CC2)cc1. The van der Waals surface area contributed by atoms with Crippen LogP contribution in [0.1, 0.15) is 34.5 Å². The molecule has 1 fully saturated rings. The van der Waals surface area contributed by atoms with Crippen molar-refractivity contribution < 1.29 is 9.59 Å². The zero-order chi connectivity index (χ0) is 23.2. The summed E-state index contributed by atoms with van der Waals surface area (Å²) in [5.41, 5.74) is 10.5. The fourth-order valence-corrected chi connectivity index (χ4v) is 4.25. The van der Waals surface area contributed by atoms with E-state index in [-0.39, 0.29) is 17.7 Å². The van der Waals surface area contributed by atoms with Gasteiger partial charge >= 0.3 is 0 Å². The molecule has 1 aliphatic heterocycles. The van der Waals surface area contributed by atoms with Crippen LogP contribution in [0.5, 0.6) is 0 Å². The van der Waals surface area contributed by atoms with Crippen LogP contribution in [0.3, 0.4) is 0 Å². The van der Waals surface area contributed by atoms with Crippen molar-refractivity contribution in [2.45, 2.75) is 26.2 Å². The molecule has 0 bridgehead atoms. The number of likely N-dealkylation sites (tertiary alicyclic amines) is 1. The van der Waals surface area contributed by atoms with Gasteiger partial charge in [0.2, 0.25) is 5.91 Å². The monoisotopic (exact) mass is 442 g/mol. The number of amides is 2. The van der Waals surface area contributed by atoms with Crippen molar-refractivity contribution in [2.24, 2.45) is 11.7 Å². The summed E-state index contributed by atoms with van der Waals surface area (Å²) >= 11 is 0. The summed E-state index contributed by atoms with van der Waals surface area (Å²) in [4.78, 5) is 31.1. The van der Waals surface area contributed by atoms with E-state index in [9.17, 15) is 9.59 Å². The first-order chi connectivity index (χ1) is 16.0. The molecule has 0 saturated carbocycles. The second-order valence-electron chi connectivity index (χ2n) is 8.61. The summed E-state index contributed by atoms with van der Waals surface area (Å²) in [7, 11) is 0. The maximum absolute atomic E-state index is 12.8. The minimum atomic E-state index is -0.176. The number of primary amides is 1. The van der Waals surface area contributed by atoms with Crippen molar-refractivity contribution in [1.82, 2.24) is 9.88 Å². The third-order valence-electron chi connectivity index (χ3n) is 6.32. The number of benzene rings is 2. The molecular formula is C27H30N4O2. The van der Waals surface area contributed by atoms with Crippen molar-refractivity contribution in [3.8, 4) is 11.3 Å². The minimum absolute atomic E-state index is 0.0255. The fourth-order valence-electron chi connectivity index (χ4n) is 4.25. The van der Waals surface area contributed by atoms with E-state index >= 15 is 0 Å². The van der Waals surface area contributed by atoms with Crippen LogP contribution in [0.2, 0.25) is 0 Å². The number of nitrogens with zero attached hydrogens (tertiary/aromatic N) is 2. The number of nitrogens with two attached hydrogens (primary N) is 1. The van der Waals surface area contributed by atoms with E-state index in [1.165, 1.54) is 5.56 Å². The molecule has 3 N–H and O–H groups in total. The lowest BCUT2D eigenvalue weighted by Gasteiger charge is -2.30. The Morgan fingerprint density at radius 3 is 2.33 bits per heavy atom. The lowest BCUT2D eigenvalue weighted by molar-refractivity contribution is -0.123. The number of rotatable bonds is 7. The molecule has 0 atom stereocenters. The number of nitrogens with one attached hydrogen (secondary N) is 1. The Morgan fingerprint density at radius 1 is 1.00 bits per heavy atom. The number of carbonyl (C=O) groups is 2. The van der Waals surface area contributed by atoms with Crippen LogP contribution >= 0.6 is 0 Å². The molecule has 2 aromatic carbocycles. The largest absolute Gasteiger partial charge is 0.369 e. The van der Waals surface area contributed by atoms with Gasteiger partial charge in [-0.1, -0.05) is 42.5 Å². The van der Waals surface area contributed by atoms with Crippen LogP contribution in [0, 0.1) is 12.8 Å². The molecule has 6 nitrogen and oxygen atoms in total. The molecule has 6 heteroatoms. The van der Waals surface area contributed by atoms with Crippen LogP contribution in [-0.2, 0) is 11.2 Å². The zero-order valence-electron chi connectivity index (χ0n) is 19.0. The van der Waals surface area contributed by atoms with E-state index in [0.29, 0.717) is 11.3 Å². The maximum Gasteiger partial charge on any atom is 0.257 e. The lowest BCUT2D eigenvalue weighted by atomic mass is 9.96. The first-order valence-corrected chi connectivity index (χ1v) is 11.4. The van der Waals surface area contributed by atoms with Crippen LogP contribution in [0.15, 0.2) is 66.7 Å². The van der Waals surface area contributed by atoms with E-state index in [1.807, 2.05) is 61.5 Å². The van der Waals surface area contributed by atoms with Crippen molar-refractivity contribution in [3.05, 3.63) is 83.6 Å². The number of hydrogen-bond donors (Lipinski definition) is 2. The third kappa shape index (κ3) is 5.84. The summed E-state index contributed by atoms with van der Waals surface area (Å²) in [5, 5.41) is 2.97. The van der Waals surface area contributed by atoms with Gasteiger partial charge in [0.25, 0.3) is 5.91 Å². The van der Waals surface area contributed by atoms with Crippen LogP contribution < -0.4 is 11.1 Å². The number of hydrogen-bond acceptors (Lipinski definition) is 4. The molecule has 2 heterocycles. The molecule has 0 unspecified atom stereocenters. The normalized spacial score (nSPS) is 14.7. The van der Waals surface area contributed by atoms with Crippen LogP contribution in [0.25, 0.3) is 11.3 Å². The topological polar surface area (TPSA) is 88.3 Å². The second kappa shape index (κ2) is 10.4. The quantitative estimate of drug-likeness (QED) is 0.578. The van der Waals surface area contributed by atoms with Gasteiger partial charge in [-0.25, -0.2) is 0 Å². The highest BCUT2D eigenvalue weighted by Crippen LogP contribution is 2.20. The summed E-state index contributed by atoms with van der Waals surface area (Å²) < 4.78 is 0. The highest BCUT2D eigenvalue weighted by atomic mass is 16.2. The molecule has 33 heavy (non-hydrogen) atoms. The summed E-state index contributed by atoms with van der Waals surface area (Å²) in [6.45, 7) is 4.64. The van der Waals surface area contributed by atoms with E-state index in [2.05, 4.69) is 27.3 Å². The Hall–Kier alpha value is -3.51. The van der Waals surface area contributed by atoms with Gasteiger partial charge < -0.3 is 16.0 Å². The predicted molar refractivity (Wildman–Crippen MR) is 131 cm³/mol. The maximum atomic E-state index is 12.8. The van der Waals surface area contributed by atoms with Gasteiger partial charge in [0.05, 0.1) is 17.0 Å². The first-order valence-electron chi connectivity index (χ1n) is 11.4. The van der Waals surface area contributed by atoms with E-state index < -0.39 is 0 Å². The molecule has 1 aromatic heterocycles. The Morgan fingerprint density at radius 2 is 1.70 bits per heavy atom. The first kappa shape index (κ1) is 22.7. The minimum Gasteiger partial charge on any atom is -0.369 e. The molecule has 0 radical (unpaired) electrons. The van der Waals surface area contributed by atoms with E-state index in [0.717, 1.165) is 55.8 Å². The average Bonchev–Trinajstić information content (AvgIpc) is 2.84. The molecule has 3 aromatic rings. The Labute approximate surface area is 194 Å². The van der Waals surface area contributed by atoms with Gasteiger partial charge in [-0.2, -0.15) is 0 Å². The molecule has 0 spiro atoms. The number of aromatic nitrogens is 1. The van der Waals surface area contributed by atoms with Gasteiger partial charge in [-0.05, 0) is 69.1 Å². The van der Waals surface area contributed by atoms with Crippen LogP contribution in [-0.4, -0.2) is 41.3 Å². The van der Waals surface area contributed by atoms with Crippen molar-refractivity contribution in [2.75, 3.05) is 25.0 Å². The van der Waals surface area contributed by atoms with Crippen molar-refractivity contribution in [1.29, 1.82) is 0 Å². The van der Waals surface area contributed by atoms with Crippen LogP contribution in [0.4, 0.5) is 5.69 Å². The Kier molecular flexibility index (Phi) is 7.15. The second-order valence-corrected chi connectivity index (χ2v) is 8.61. The fraction of sp³-hybridized carbons (Fsp3) is 0.296. The van der Waals surface area contributed by atoms with Gasteiger partial charge in [0.15, 0.2) is 0 Å². The molecular weight excluding hydrogens is 412 g/mol. The van der Waals surface area contributed by atoms with E-state index in [4.69, 9.17) is 5.73 Å². The standard InChI is InChI=1S/C27H30N4O2/c1-19-24(11-12-25(29-19)21-5-3-2-4-6-21)27(33)30-23-9-7-20(8-10-23)13-16-31-17-14-22(15-18-31)26(28)32/h2-12,22H,13-18H2,1H3,(H2,28,32)(H,30,33). The number of piperidine rings is 1. The molecule has 1 aliphatic rings. The summed E-state index contributed by atoms with van der Waals surface area (Å²) in [5.74, 6) is -0.312. The lowest BCUT2D eigenvalue weighted by Crippen LogP contribution is -2.39.